The third-order valence-corrected chi connectivity index (χ3v) is 4.55. The van der Waals surface area contributed by atoms with E-state index in [0.717, 1.165) is 39.1 Å². The fourth-order valence-corrected chi connectivity index (χ4v) is 3.25. The Labute approximate surface area is 123 Å². The SMILES string of the molecule is O=C(CC1CCOCC1)NCCNC1CCCCCC1. The molecule has 4 heteroatoms. The van der Waals surface area contributed by atoms with Crippen LogP contribution in [0.4, 0.5) is 0 Å². The molecule has 1 saturated carbocycles. The molecule has 2 fully saturated rings. The van der Waals surface area contributed by atoms with E-state index in [-0.39, 0.29) is 5.91 Å². The molecule has 0 aromatic carbocycles. The quantitative estimate of drug-likeness (QED) is 0.580. The highest BCUT2D eigenvalue weighted by atomic mass is 16.5. The van der Waals surface area contributed by atoms with E-state index >= 15 is 0 Å². The van der Waals surface area contributed by atoms with Crippen LogP contribution in [0.25, 0.3) is 0 Å². The van der Waals surface area contributed by atoms with Crippen LogP contribution in [0.5, 0.6) is 0 Å². The van der Waals surface area contributed by atoms with Gasteiger partial charge in [0.1, 0.15) is 0 Å². The van der Waals surface area contributed by atoms with Gasteiger partial charge in [-0.3, -0.25) is 4.79 Å². The van der Waals surface area contributed by atoms with Crippen molar-refractivity contribution in [3.05, 3.63) is 0 Å². The fourth-order valence-electron chi connectivity index (χ4n) is 3.25. The topological polar surface area (TPSA) is 50.4 Å². The molecule has 1 saturated heterocycles. The van der Waals surface area contributed by atoms with E-state index in [1.54, 1.807) is 0 Å². The standard InChI is InChI=1S/C16H30N2O2/c19-16(13-14-7-11-20-12-8-14)18-10-9-17-15-5-3-1-2-4-6-15/h14-15,17H,1-13H2,(H,18,19). The van der Waals surface area contributed by atoms with Gasteiger partial charge in [0.2, 0.25) is 5.91 Å². The van der Waals surface area contributed by atoms with Crippen molar-refractivity contribution >= 4 is 5.91 Å². The van der Waals surface area contributed by atoms with Gasteiger partial charge < -0.3 is 15.4 Å². The van der Waals surface area contributed by atoms with E-state index in [4.69, 9.17) is 4.74 Å². The lowest BCUT2D eigenvalue weighted by Crippen LogP contribution is -2.37. The summed E-state index contributed by atoms with van der Waals surface area (Å²) in [5, 5.41) is 6.63. The zero-order valence-electron chi connectivity index (χ0n) is 12.7. The molecule has 4 nitrogen and oxygen atoms in total. The predicted molar refractivity (Wildman–Crippen MR) is 80.7 cm³/mol. The average molecular weight is 282 g/mol. The number of ether oxygens (including phenoxy) is 1. The maximum atomic E-state index is 11.8. The molecule has 20 heavy (non-hydrogen) atoms. The highest BCUT2D eigenvalue weighted by Crippen LogP contribution is 2.18. The first-order valence-electron chi connectivity index (χ1n) is 8.42. The third kappa shape index (κ3) is 6.23. The number of hydrogen-bond donors (Lipinski definition) is 2. The van der Waals surface area contributed by atoms with E-state index in [0.29, 0.717) is 18.4 Å². The molecule has 1 aliphatic heterocycles. The summed E-state index contributed by atoms with van der Waals surface area (Å²) in [6.07, 6.45) is 10.8. The lowest BCUT2D eigenvalue weighted by Gasteiger charge is -2.21. The summed E-state index contributed by atoms with van der Waals surface area (Å²) in [6.45, 7) is 3.31. The predicted octanol–water partition coefficient (Wildman–Crippen LogP) is 2.23. The van der Waals surface area contributed by atoms with E-state index in [1.165, 1.54) is 38.5 Å². The summed E-state index contributed by atoms with van der Waals surface area (Å²) in [6, 6.07) is 0.671. The summed E-state index contributed by atoms with van der Waals surface area (Å²) >= 11 is 0. The Morgan fingerprint density at radius 3 is 2.35 bits per heavy atom. The van der Waals surface area contributed by atoms with Gasteiger partial charge in [-0.1, -0.05) is 25.7 Å². The van der Waals surface area contributed by atoms with Gasteiger partial charge in [0, 0.05) is 38.8 Å². The lowest BCUT2D eigenvalue weighted by atomic mass is 9.96. The van der Waals surface area contributed by atoms with E-state index in [1.807, 2.05) is 0 Å². The van der Waals surface area contributed by atoms with E-state index < -0.39 is 0 Å². The van der Waals surface area contributed by atoms with Crippen LogP contribution in [0, 0.1) is 5.92 Å². The molecular weight excluding hydrogens is 252 g/mol. The first-order chi connectivity index (χ1) is 9.84. The second-order valence-corrected chi connectivity index (χ2v) is 6.25. The molecule has 2 rings (SSSR count). The van der Waals surface area contributed by atoms with Gasteiger partial charge in [-0.2, -0.15) is 0 Å². The summed E-state index contributed by atoms with van der Waals surface area (Å²) in [4.78, 5) is 11.8. The second kappa shape index (κ2) is 9.35. The minimum Gasteiger partial charge on any atom is -0.381 e. The molecule has 0 atom stereocenters. The van der Waals surface area contributed by atoms with Crippen LogP contribution in [0.15, 0.2) is 0 Å². The largest absolute Gasteiger partial charge is 0.381 e. The summed E-state index contributed by atoms with van der Waals surface area (Å²) in [5.41, 5.74) is 0. The Morgan fingerprint density at radius 1 is 0.950 bits per heavy atom. The molecule has 0 unspecified atom stereocenters. The van der Waals surface area contributed by atoms with Crippen LogP contribution in [-0.2, 0) is 9.53 Å². The van der Waals surface area contributed by atoms with Crippen molar-refractivity contribution in [3.8, 4) is 0 Å². The van der Waals surface area contributed by atoms with Gasteiger partial charge in [0.25, 0.3) is 0 Å². The molecule has 1 heterocycles. The van der Waals surface area contributed by atoms with Gasteiger partial charge in [-0.25, -0.2) is 0 Å². The Hall–Kier alpha value is -0.610. The normalized spacial score (nSPS) is 22.4. The van der Waals surface area contributed by atoms with Crippen LogP contribution >= 0.6 is 0 Å². The number of hydrogen-bond acceptors (Lipinski definition) is 3. The molecule has 0 aromatic rings. The zero-order chi connectivity index (χ0) is 14.0. The minimum absolute atomic E-state index is 0.208. The zero-order valence-corrected chi connectivity index (χ0v) is 12.7. The maximum absolute atomic E-state index is 11.8. The highest BCUT2D eigenvalue weighted by molar-refractivity contribution is 5.76. The van der Waals surface area contributed by atoms with Gasteiger partial charge in [0.15, 0.2) is 0 Å². The lowest BCUT2D eigenvalue weighted by molar-refractivity contribution is -0.122. The van der Waals surface area contributed by atoms with Crippen molar-refractivity contribution in [3.63, 3.8) is 0 Å². The molecule has 116 valence electrons. The highest BCUT2D eigenvalue weighted by Gasteiger charge is 2.17. The van der Waals surface area contributed by atoms with Crippen molar-refractivity contribution in [2.75, 3.05) is 26.3 Å². The van der Waals surface area contributed by atoms with E-state index in [2.05, 4.69) is 10.6 Å². The van der Waals surface area contributed by atoms with Crippen molar-refractivity contribution in [1.82, 2.24) is 10.6 Å². The monoisotopic (exact) mass is 282 g/mol. The van der Waals surface area contributed by atoms with Gasteiger partial charge in [-0.15, -0.1) is 0 Å². The average Bonchev–Trinajstić information content (AvgIpc) is 2.73. The molecular formula is C16H30N2O2. The van der Waals surface area contributed by atoms with Crippen molar-refractivity contribution in [2.24, 2.45) is 5.92 Å². The molecule has 0 aromatic heterocycles. The molecule has 0 spiro atoms. The number of nitrogens with one attached hydrogen (secondary N) is 2. The third-order valence-electron chi connectivity index (χ3n) is 4.55. The molecule has 2 aliphatic rings. The Kier molecular flexibility index (Phi) is 7.37. The molecule has 0 bridgehead atoms. The molecule has 1 amide bonds. The summed E-state index contributed by atoms with van der Waals surface area (Å²) in [5.74, 6) is 0.734. The fraction of sp³-hybridized carbons (Fsp3) is 0.938. The Bertz CT molecular complexity index is 270. The van der Waals surface area contributed by atoms with Gasteiger partial charge >= 0.3 is 0 Å². The second-order valence-electron chi connectivity index (χ2n) is 6.25. The molecule has 0 radical (unpaired) electrons. The molecule has 2 N–H and O–H groups in total. The van der Waals surface area contributed by atoms with Gasteiger partial charge in [0.05, 0.1) is 0 Å². The van der Waals surface area contributed by atoms with Crippen LogP contribution < -0.4 is 10.6 Å². The number of carbonyl (C=O) groups is 1. The minimum atomic E-state index is 0.208. The number of carbonyl (C=O) groups excluding carboxylic acids is 1. The number of rotatable bonds is 6. The first kappa shape index (κ1) is 15.8. The van der Waals surface area contributed by atoms with Crippen LogP contribution in [-0.4, -0.2) is 38.3 Å². The Morgan fingerprint density at radius 2 is 1.65 bits per heavy atom. The Balaban J connectivity index is 1.50. The van der Waals surface area contributed by atoms with Crippen molar-refractivity contribution in [1.29, 1.82) is 0 Å². The van der Waals surface area contributed by atoms with Crippen LogP contribution in [0.3, 0.4) is 0 Å². The van der Waals surface area contributed by atoms with Crippen LogP contribution in [0.1, 0.15) is 57.8 Å². The van der Waals surface area contributed by atoms with Crippen LogP contribution in [0.2, 0.25) is 0 Å². The van der Waals surface area contributed by atoms with Gasteiger partial charge in [-0.05, 0) is 31.6 Å². The molecule has 1 aliphatic carbocycles. The summed E-state index contributed by atoms with van der Waals surface area (Å²) < 4.78 is 5.32. The van der Waals surface area contributed by atoms with Crippen molar-refractivity contribution < 1.29 is 9.53 Å². The maximum Gasteiger partial charge on any atom is 0.220 e. The van der Waals surface area contributed by atoms with E-state index in [9.17, 15) is 4.79 Å². The summed E-state index contributed by atoms with van der Waals surface area (Å²) in [7, 11) is 0. The number of amides is 1. The first-order valence-corrected chi connectivity index (χ1v) is 8.42. The smallest absolute Gasteiger partial charge is 0.220 e. The van der Waals surface area contributed by atoms with Crippen molar-refractivity contribution in [2.45, 2.75) is 63.8 Å².